The summed E-state index contributed by atoms with van der Waals surface area (Å²) in [5.41, 5.74) is 1.02. The summed E-state index contributed by atoms with van der Waals surface area (Å²) < 4.78 is 42.2. The quantitative estimate of drug-likeness (QED) is 0.899. The Morgan fingerprint density at radius 3 is 2.50 bits per heavy atom. The van der Waals surface area contributed by atoms with Gasteiger partial charge in [0.15, 0.2) is 6.10 Å². The van der Waals surface area contributed by atoms with Crippen LogP contribution in [0.3, 0.4) is 0 Å². The number of aliphatic hydroxyl groups is 1. The fourth-order valence-electron chi connectivity index (χ4n) is 2.09. The highest BCUT2D eigenvalue weighted by molar-refractivity contribution is 6.30. The van der Waals surface area contributed by atoms with Crippen molar-refractivity contribution in [1.29, 1.82) is 0 Å². The van der Waals surface area contributed by atoms with Gasteiger partial charge in [-0.25, -0.2) is 0 Å². The lowest BCUT2D eigenvalue weighted by molar-refractivity contribution is -0.240. The molecule has 1 fully saturated rings. The van der Waals surface area contributed by atoms with Gasteiger partial charge in [-0.1, -0.05) is 23.7 Å². The van der Waals surface area contributed by atoms with Crippen molar-refractivity contribution >= 4 is 11.6 Å². The van der Waals surface area contributed by atoms with Gasteiger partial charge in [-0.3, -0.25) is 0 Å². The zero-order valence-corrected chi connectivity index (χ0v) is 11.3. The molecule has 2 rings (SSSR count). The second-order valence-corrected chi connectivity index (χ2v) is 5.23. The van der Waals surface area contributed by atoms with Gasteiger partial charge in [0.2, 0.25) is 0 Å². The molecule has 0 amide bonds. The van der Waals surface area contributed by atoms with Crippen LogP contribution in [-0.2, 0) is 11.2 Å². The van der Waals surface area contributed by atoms with Crippen molar-refractivity contribution in [3.8, 4) is 0 Å². The van der Waals surface area contributed by atoms with Crippen molar-refractivity contribution in [1.82, 2.24) is 5.32 Å². The number of nitrogens with one attached hydrogen (secondary N) is 1. The molecule has 2 N–H and O–H groups in total. The summed E-state index contributed by atoms with van der Waals surface area (Å²) in [6, 6.07) is 7.17. The lowest BCUT2D eigenvalue weighted by atomic mass is 10.0. The summed E-state index contributed by atoms with van der Waals surface area (Å²) in [6.07, 6.45) is -7.73. The van der Waals surface area contributed by atoms with Crippen LogP contribution in [-0.4, -0.2) is 42.7 Å². The van der Waals surface area contributed by atoms with Gasteiger partial charge >= 0.3 is 6.18 Å². The van der Waals surface area contributed by atoms with Crippen molar-refractivity contribution in [3.05, 3.63) is 34.9 Å². The molecule has 0 aliphatic carbocycles. The Balaban J connectivity index is 1.84. The molecule has 7 heteroatoms. The van der Waals surface area contributed by atoms with E-state index in [4.69, 9.17) is 21.4 Å². The predicted molar refractivity (Wildman–Crippen MR) is 68.7 cm³/mol. The molecule has 1 aliphatic heterocycles. The number of hydrogen-bond acceptors (Lipinski definition) is 3. The van der Waals surface area contributed by atoms with Gasteiger partial charge in [-0.05, 0) is 24.1 Å². The van der Waals surface area contributed by atoms with Crippen molar-refractivity contribution in [2.24, 2.45) is 0 Å². The summed E-state index contributed by atoms with van der Waals surface area (Å²) in [4.78, 5) is 0. The fourth-order valence-corrected chi connectivity index (χ4v) is 2.22. The van der Waals surface area contributed by atoms with E-state index in [1.54, 1.807) is 12.1 Å². The molecule has 0 bridgehead atoms. The predicted octanol–water partition coefficient (Wildman–Crippen LogP) is 2.16. The second kappa shape index (κ2) is 6.30. The van der Waals surface area contributed by atoms with Gasteiger partial charge < -0.3 is 15.2 Å². The molecule has 1 aromatic carbocycles. The molecule has 0 aromatic heterocycles. The summed E-state index contributed by atoms with van der Waals surface area (Å²) in [5.74, 6) is 0. The molecule has 3 nitrogen and oxygen atoms in total. The standard InChI is InChI=1S/C13H15ClF3NO2/c14-9-3-1-8(2-4-9)5-10-7-20-11(6-18-10)12(19)13(15,16)17/h1-4,10-12,18-19H,5-7H2/t10-,11?,12?/m0/s1. The molecule has 0 radical (unpaired) electrons. The van der Waals surface area contributed by atoms with Crippen molar-refractivity contribution in [2.75, 3.05) is 13.2 Å². The van der Waals surface area contributed by atoms with Gasteiger partial charge in [0.05, 0.1) is 6.61 Å². The molecule has 20 heavy (non-hydrogen) atoms. The Hall–Kier alpha value is -0.820. The molecule has 1 aromatic rings. The number of rotatable bonds is 3. The minimum atomic E-state index is -4.66. The van der Waals surface area contributed by atoms with E-state index in [-0.39, 0.29) is 19.2 Å². The van der Waals surface area contributed by atoms with Gasteiger partial charge in [-0.2, -0.15) is 13.2 Å². The van der Waals surface area contributed by atoms with E-state index in [1.807, 2.05) is 12.1 Å². The Morgan fingerprint density at radius 2 is 2.00 bits per heavy atom. The first-order chi connectivity index (χ1) is 9.36. The first kappa shape index (κ1) is 15.6. The first-order valence-corrected chi connectivity index (χ1v) is 6.58. The topological polar surface area (TPSA) is 41.5 Å². The number of halogens is 4. The van der Waals surface area contributed by atoms with Crippen LogP contribution in [0.4, 0.5) is 13.2 Å². The van der Waals surface area contributed by atoms with Crippen LogP contribution in [0, 0.1) is 0 Å². The minimum absolute atomic E-state index is 0.0288. The molecule has 112 valence electrons. The van der Waals surface area contributed by atoms with Gasteiger partial charge in [0.1, 0.15) is 6.10 Å². The second-order valence-electron chi connectivity index (χ2n) is 4.79. The average Bonchev–Trinajstić information content (AvgIpc) is 2.40. The highest BCUT2D eigenvalue weighted by atomic mass is 35.5. The van der Waals surface area contributed by atoms with E-state index in [0.717, 1.165) is 5.56 Å². The molecule has 3 atom stereocenters. The smallest absolute Gasteiger partial charge is 0.381 e. The monoisotopic (exact) mass is 309 g/mol. The van der Waals surface area contributed by atoms with Crippen molar-refractivity contribution in [3.63, 3.8) is 0 Å². The normalized spacial score (nSPS) is 25.4. The number of aliphatic hydroxyl groups excluding tert-OH is 1. The van der Waals surface area contributed by atoms with Crippen LogP contribution >= 0.6 is 11.6 Å². The third-order valence-electron chi connectivity index (χ3n) is 3.20. The van der Waals surface area contributed by atoms with E-state index < -0.39 is 18.4 Å². The number of benzene rings is 1. The maximum absolute atomic E-state index is 12.3. The summed E-state index contributed by atoms with van der Waals surface area (Å²) in [5, 5.41) is 12.7. The van der Waals surface area contributed by atoms with Crippen LogP contribution in [0.15, 0.2) is 24.3 Å². The SMILES string of the molecule is OC(C1CN[C@@H](Cc2ccc(Cl)cc2)CO1)C(F)(F)F. The minimum Gasteiger partial charge on any atom is -0.381 e. The number of ether oxygens (including phenoxy) is 1. The molecule has 2 unspecified atom stereocenters. The van der Waals surface area contributed by atoms with E-state index in [1.165, 1.54) is 0 Å². The molecule has 1 heterocycles. The van der Waals surface area contributed by atoms with E-state index in [0.29, 0.717) is 11.4 Å². The lowest BCUT2D eigenvalue weighted by Crippen LogP contribution is -2.54. The van der Waals surface area contributed by atoms with E-state index >= 15 is 0 Å². The Morgan fingerprint density at radius 1 is 1.35 bits per heavy atom. The summed E-state index contributed by atoms with van der Waals surface area (Å²) in [6.45, 7) is 0.0966. The lowest BCUT2D eigenvalue weighted by Gasteiger charge is -2.33. The molecule has 0 spiro atoms. The third kappa shape index (κ3) is 4.09. The Kier molecular flexibility index (Phi) is 4.90. The van der Waals surface area contributed by atoms with Crippen LogP contribution in [0.1, 0.15) is 5.56 Å². The Labute approximate surface area is 119 Å². The molecule has 1 aliphatic rings. The van der Waals surface area contributed by atoms with Gasteiger partial charge in [0, 0.05) is 17.6 Å². The largest absolute Gasteiger partial charge is 0.416 e. The molecular formula is C13H15ClF3NO2. The van der Waals surface area contributed by atoms with Crippen LogP contribution in [0.25, 0.3) is 0 Å². The third-order valence-corrected chi connectivity index (χ3v) is 3.45. The number of morpholine rings is 1. The van der Waals surface area contributed by atoms with Crippen molar-refractivity contribution < 1.29 is 23.0 Å². The van der Waals surface area contributed by atoms with Gasteiger partial charge in [0.25, 0.3) is 0 Å². The first-order valence-electron chi connectivity index (χ1n) is 6.20. The van der Waals surface area contributed by atoms with Gasteiger partial charge in [-0.15, -0.1) is 0 Å². The zero-order chi connectivity index (χ0) is 14.8. The van der Waals surface area contributed by atoms with Crippen molar-refractivity contribution in [2.45, 2.75) is 30.8 Å². The molecule has 0 saturated carbocycles. The fraction of sp³-hybridized carbons (Fsp3) is 0.538. The highest BCUT2D eigenvalue weighted by Crippen LogP contribution is 2.25. The number of hydrogen-bond donors (Lipinski definition) is 2. The van der Waals surface area contributed by atoms with Crippen LogP contribution < -0.4 is 5.32 Å². The van der Waals surface area contributed by atoms with E-state index in [9.17, 15) is 13.2 Å². The highest BCUT2D eigenvalue weighted by Gasteiger charge is 2.45. The molecule has 1 saturated heterocycles. The Bertz CT molecular complexity index is 430. The maximum Gasteiger partial charge on any atom is 0.416 e. The summed E-state index contributed by atoms with van der Waals surface area (Å²) in [7, 11) is 0. The van der Waals surface area contributed by atoms with Crippen LogP contribution in [0.2, 0.25) is 5.02 Å². The van der Waals surface area contributed by atoms with Crippen LogP contribution in [0.5, 0.6) is 0 Å². The van der Waals surface area contributed by atoms with E-state index in [2.05, 4.69) is 5.32 Å². The molecular weight excluding hydrogens is 295 g/mol. The average molecular weight is 310 g/mol. The summed E-state index contributed by atoms with van der Waals surface area (Å²) >= 11 is 5.78. The maximum atomic E-state index is 12.3. The zero-order valence-electron chi connectivity index (χ0n) is 10.5. The number of alkyl halides is 3.